The number of nitrogens with zero attached hydrogens (tertiary/aromatic N) is 1. The lowest BCUT2D eigenvalue weighted by Crippen LogP contribution is -2.29. The quantitative estimate of drug-likeness (QED) is 0.133. The fraction of sp³-hybridized carbons (Fsp3) is 0.0741. The highest BCUT2D eigenvalue weighted by Crippen LogP contribution is 2.28. The van der Waals surface area contributed by atoms with Gasteiger partial charge in [0.1, 0.15) is 5.75 Å². The maximum Gasteiger partial charge on any atom is 0.124 e. The standard InChI is InChI=1S/C27H24BrClN4O/c28-20-13-16-27(34)24(17-20)26(33-31-23-9-5-2-6-10-23)18-25(19-11-14-21(29)15-12-19)32-30-22-7-3-1-4-8-22/h1-17,25,30-32,34H,18H2. The summed E-state index contributed by atoms with van der Waals surface area (Å²) in [7, 11) is 0. The predicted molar refractivity (Wildman–Crippen MR) is 144 cm³/mol. The van der Waals surface area contributed by atoms with E-state index in [2.05, 4.69) is 32.2 Å². The van der Waals surface area contributed by atoms with E-state index in [0.29, 0.717) is 22.7 Å². The molecule has 4 N–H and O–H groups in total. The molecule has 0 fully saturated rings. The largest absolute Gasteiger partial charge is 0.507 e. The third kappa shape index (κ3) is 6.60. The molecule has 172 valence electrons. The summed E-state index contributed by atoms with van der Waals surface area (Å²) in [4.78, 5) is 0. The van der Waals surface area contributed by atoms with E-state index in [1.54, 1.807) is 12.1 Å². The molecule has 0 saturated heterocycles. The minimum absolute atomic E-state index is 0.155. The number of hydrogen-bond donors (Lipinski definition) is 4. The Bertz CT molecular complexity index is 1230. The molecule has 7 heteroatoms. The maximum absolute atomic E-state index is 10.6. The van der Waals surface area contributed by atoms with Crippen LogP contribution in [0.2, 0.25) is 5.02 Å². The Kier molecular flexibility index (Phi) is 8.20. The maximum atomic E-state index is 10.6. The minimum atomic E-state index is -0.174. The molecule has 4 rings (SSSR count). The first-order chi connectivity index (χ1) is 16.6. The zero-order chi connectivity index (χ0) is 23.8. The third-order valence-electron chi connectivity index (χ3n) is 5.20. The molecule has 0 spiro atoms. The Morgan fingerprint density at radius 2 is 1.50 bits per heavy atom. The lowest BCUT2D eigenvalue weighted by molar-refractivity contribution is 0.473. The van der Waals surface area contributed by atoms with Crippen molar-refractivity contribution in [3.8, 4) is 5.75 Å². The van der Waals surface area contributed by atoms with Gasteiger partial charge in [-0.2, -0.15) is 5.10 Å². The van der Waals surface area contributed by atoms with E-state index < -0.39 is 0 Å². The summed E-state index contributed by atoms with van der Waals surface area (Å²) in [6.45, 7) is 0. The normalized spacial score (nSPS) is 12.2. The number of hydrogen-bond acceptors (Lipinski definition) is 5. The van der Waals surface area contributed by atoms with Crippen molar-refractivity contribution in [3.63, 3.8) is 0 Å². The lowest BCUT2D eigenvalue weighted by atomic mass is 9.97. The van der Waals surface area contributed by atoms with Gasteiger partial charge in [0, 0.05) is 27.2 Å². The second-order valence-electron chi connectivity index (χ2n) is 7.64. The van der Waals surface area contributed by atoms with E-state index in [9.17, 15) is 5.11 Å². The van der Waals surface area contributed by atoms with Gasteiger partial charge in [-0.1, -0.05) is 76.1 Å². The Labute approximate surface area is 212 Å². The van der Waals surface area contributed by atoms with Crippen molar-refractivity contribution in [1.29, 1.82) is 0 Å². The van der Waals surface area contributed by atoms with Gasteiger partial charge < -0.3 is 10.5 Å². The monoisotopic (exact) mass is 534 g/mol. The summed E-state index contributed by atoms with van der Waals surface area (Å²) < 4.78 is 0.853. The van der Waals surface area contributed by atoms with Gasteiger partial charge in [-0.3, -0.25) is 5.43 Å². The molecule has 4 aromatic carbocycles. The first-order valence-corrected chi connectivity index (χ1v) is 11.9. The number of nitrogens with one attached hydrogen (secondary N) is 3. The molecule has 34 heavy (non-hydrogen) atoms. The van der Waals surface area contributed by atoms with Crippen LogP contribution in [0.3, 0.4) is 0 Å². The topological polar surface area (TPSA) is 68.7 Å². The molecular weight excluding hydrogens is 512 g/mol. The van der Waals surface area contributed by atoms with E-state index in [4.69, 9.17) is 16.7 Å². The van der Waals surface area contributed by atoms with Gasteiger partial charge in [0.15, 0.2) is 0 Å². The molecule has 0 saturated carbocycles. The smallest absolute Gasteiger partial charge is 0.124 e. The van der Waals surface area contributed by atoms with Gasteiger partial charge in [-0.05, 0) is 60.2 Å². The SMILES string of the molecule is Oc1ccc(Br)cc1C(CC(NNc1ccccc1)c1ccc(Cl)cc1)=NNc1ccccc1. The van der Waals surface area contributed by atoms with Gasteiger partial charge in [-0.25, -0.2) is 5.43 Å². The summed E-state index contributed by atoms with van der Waals surface area (Å²) in [5.74, 6) is 0.155. The Balaban J connectivity index is 1.67. The first kappa shape index (κ1) is 23.8. The van der Waals surface area contributed by atoms with Gasteiger partial charge in [0.05, 0.1) is 17.4 Å². The van der Waals surface area contributed by atoms with Crippen LogP contribution in [-0.2, 0) is 0 Å². The number of para-hydroxylation sites is 2. The molecule has 0 radical (unpaired) electrons. The van der Waals surface area contributed by atoms with Crippen LogP contribution in [0, 0.1) is 0 Å². The van der Waals surface area contributed by atoms with Crippen molar-refractivity contribution in [2.45, 2.75) is 12.5 Å². The zero-order valence-corrected chi connectivity index (χ0v) is 20.6. The number of rotatable bonds is 9. The molecule has 0 aliphatic carbocycles. The summed E-state index contributed by atoms with van der Waals surface area (Å²) in [6.07, 6.45) is 0.477. The fourth-order valence-corrected chi connectivity index (χ4v) is 3.92. The number of anilines is 2. The van der Waals surface area contributed by atoms with Crippen molar-refractivity contribution in [2.75, 3.05) is 10.9 Å². The molecule has 0 heterocycles. The fourth-order valence-electron chi connectivity index (χ4n) is 3.43. The van der Waals surface area contributed by atoms with Gasteiger partial charge in [0.25, 0.3) is 0 Å². The molecule has 4 aromatic rings. The van der Waals surface area contributed by atoms with Crippen LogP contribution in [0.4, 0.5) is 11.4 Å². The van der Waals surface area contributed by atoms with Crippen molar-refractivity contribution >= 4 is 44.6 Å². The summed E-state index contributed by atoms with van der Waals surface area (Å²) in [6, 6.07) is 32.4. The summed E-state index contributed by atoms with van der Waals surface area (Å²) in [5, 5.41) is 16.0. The summed E-state index contributed by atoms with van der Waals surface area (Å²) in [5.41, 5.74) is 14.0. The number of hydrazine groups is 1. The number of halogens is 2. The molecule has 0 amide bonds. The molecule has 1 unspecified atom stereocenters. The second-order valence-corrected chi connectivity index (χ2v) is 8.99. The number of benzene rings is 4. The Morgan fingerprint density at radius 1 is 0.853 bits per heavy atom. The van der Waals surface area contributed by atoms with E-state index in [1.807, 2.05) is 91.0 Å². The molecule has 0 aliphatic rings. The zero-order valence-electron chi connectivity index (χ0n) is 18.2. The summed E-state index contributed by atoms with van der Waals surface area (Å²) >= 11 is 9.65. The van der Waals surface area contributed by atoms with Crippen LogP contribution in [-0.4, -0.2) is 10.8 Å². The van der Waals surface area contributed by atoms with Crippen molar-refractivity contribution < 1.29 is 5.11 Å². The number of phenolic OH excluding ortho intramolecular Hbond substituents is 1. The van der Waals surface area contributed by atoms with Gasteiger partial charge in [-0.15, -0.1) is 0 Å². The number of aromatic hydroxyl groups is 1. The molecule has 0 bridgehead atoms. The van der Waals surface area contributed by atoms with Crippen molar-refractivity contribution in [3.05, 3.63) is 124 Å². The minimum Gasteiger partial charge on any atom is -0.507 e. The van der Waals surface area contributed by atoms with Crippen LogP contribution < -0.4 is 16.3 Å². The van der Waals surface area contributed by atoms with Crippen LogP contribution in [0.1, 0.15) is 23.6 Å². The molecule has 1 atom stereocenters. The molecular formula is C27H24BrClN4O. The highest BCUT2D eigenvalue weighted by Gasteiger charge is 2.19. The van der Waals surface area contributed by atoms with Crippen molar-refractivity contribution in [2.24, 2.45) is 5.10 Å². The average molecular weight is 536 g/mol. The van der Waals surface area contributed by atoms with Gasteiger partial charge >= 0.3 is 0 Å². The third-order valence-corrected chi connectivity index (χ3v) is 5.94. The van der Waals surface area contributed by atoms with Crippen LogP contribution >= 0.6 is 27.5 Å². The molecule has 0 aromatic heterocycles. The van der Waals surface area contributed by atoms with Crippen LogP contribution in [0.25, 0.3) is 0 Å². The lowest BCUT2D eigenvalue weighted by Gasteiger charge is -2.22. The van der Waals surface area contributed by atoms with Crippen molar-refractivity contribution in [1.82, 2.24) is 5.43 Å². The first-order valence-electron chi connectivity index (χ1n) is 10.8. The number of phenols is 1. The average Bonchev–Trinajstić information content (AvgIpc) is 2.87. The van der Waals surface area contributed by atoms with E-state index in [-0.39, 0.29) is 11.8 Å². The van der Waals surface area contributed by atoms with E-state index in [0.717, 1.165) is 21.4 Å². The Morgan fingerprint density at radius 3 is 2.18 bits per heavy atom. The van der Waals surface area contributed by atoms with Crippen LogP contribution in [0.5, 0.6) is 5.75 Å². The number of hydrazone groups is 1. The Hall–Kier alpha value is -3.32. The second kappa shape index (κ2) is 11.7. The predicted octanol–water partition coefficient (Wildman–Crippen LogP) is 7.37. The van der Waals surface area contributed by atoms with E-state index >= 15 is 0 Å². The molecule has 5 nitrogen and oxygen atoms in total. The highest BCUT2D eigenvalue weighted by molar-refractivity contribution is 9.10. The van der Waals surface area contributed by atoms with E-state index in [1.165, 1.54) is 0 Å². The highest BCUT2D eigenvalue weighted by atomic mass is 79.9. The van der Waals surface area contributed by atoms with Crippen LogP contribution in [0.15, 0.2) is 113 Å². The molecule has 0 aliphatic heterocycles. The van der Waals surface area contributed by atoms with Gasteiger partial charge in [0.2, 0.25) is 0 Å².